The van der Waals surface area contributed by atoms with Gasteiger partial charge in [0.05, 0.1) is 6.54 Å². The molecular weight excluding hydrogens is 252 g/mol. The van der Waals surface area contributed by atoms with Crippen LogP contribution >= 0.6 is 0 Å². The van der Waals surface area contributed by atoms with Gasteiger partial charge >= 0.3 is 6.03 Å². The third kappa shape index (κ3) is 3.74. The number of imidazole rings is 1. The summed E-state index contributed by atoms with van der Waals surface area (Å²) >= 11 is 0. The lowest BCUT2D eigenvalue weighted by molar-refractivity contribution is 0.0978. The van der Waals surface area contributed by atoms with Crippen LogP contribution in [0.4, 0.5) is 4.79 Å². The number of carbonyl (C=O) groups excluding carboxylic acids is 1. The van der Waals surface area contributed by atoms with Gasteiger partial charge in [-0.2, -0.15) is 0 Å². The lowest BCUT2D eigenvalue weighted by Gasteiger charge is -2.43. The molecule has 1 aliphatic carbocycles. The van der Waals surface area contributed by atoms with E-state index in [9.17, 15) is 4.79 Å². The number of carbonyl (C=O) groups is 1. The highest BCUT2D eigenvalue weighted by molar-refractivity contribution is 5.73. The first-order valence-electron chi connectivity index (χ1n) is 7.48. The summed E-state index contributed by atoms with van der Waals surface area (Å²) in [6.45, 7) is 5.82. The van der Waals surface area contributed by atoms with Crippen molar-refractivity contribution in [2.45, 2.75) is 46.1 Å². The van der Waals surface area contributed by atoms with Crippen LogP contribution in [0.15, 0.2) is 12.4 Å². The van der Waals surface area contributed by atoms with Crippen molar-refractivity contribution in [2.75, 3.05) is 13.6 Å². The van der Waals surface area contributed by atoms with E-state index in [-0.39, 0.29) is 6.03 Å². The van der Waals surface area contributed by atoms with Gasteiger partial charge in [0.15, 0.2) is 0 Å². The Balaban J connectivity index is 1.79. The van der Waals surface area contributed by atoms with Gasteiger partial charge in [0.1, 0.15) is 5.82 Å². The summed E-state index contributed by atoms with van der Waals surface area (Å²) in [5.41, 5.74) is 0.343. The zero-order valence-electron chi connectivity index (χ0n) is 12.8. The van der Waals surface area contributed by atoms with Crippen molar-refractivity contribution in [3.63, 3.8) is 0 Å². The molecule has 0 aromatic carbocycles. The van der Waals surface area contributed by atoms with Crippen LogP contribution in [0.5, 0.6) is 0 Å². The van der Waals surface area contributed by atoms with Gasteiger partial charge in [0.2, 0.25) is 0 Å². The quantitative estimate of drug-likeness (QED) is 0.840. The number of nitrogens with zero attached hydrogens (tertiary/aromatic N) is 2. The molecule has 0 unspecified atom stereocenters. The summed E-state index contributed by atoms with van der Waals surface area (Å²) in [7, 11) is 1.80. The molecule has 20 heavy (non-hydrogen) atoms. The van der Waals surface area contributed by atoms with Gasteiger partial charge in [-0.15, -0.1) is 0 Å². The van der Waals surface area contributed by atoms with E-state index in [1.807, 2.05) is 0 Å². The average Bonchev–Trinajstić information content (AvgIpc) is 2.84. The van der Waals surface area contributed by atoms with Crippen LogP contribution in [-0.4, -0.2) is 34.5 Å². The molecule has 1 aromatic rings. The highest BCUT2D eigenvalue weighted by Gasteiger charge is 2.37. The molecule has 0 bridgehead atoms. The summed E-state index contributed by atoms with van der Waals surface area (Å²) in [4.78, 5) is 20.9. The molecule has 1 saturated carbocycles. The van der Waals surface area contributed by atoms with E-state index in [0.29, 0.717) is 17.9 Å². The van der Waals surface area contributed by atoms with E-state index >= 15 is 0 Å². The lowest BCUT2D eigenvalue weighted by Crippen LogP contribution is -2.46. The zero-order valence-corrected chi connectivity index (χ0v) is 12.8. The van der Waals surface area contributed by atoms with E-state index in [1.165, 1.54) is 25.7 Å². The minimum Gasteiger partial charge on any atom is -0.347 e. The van der Waals surface area contributed by atoms with Crippen LogP contribution in [0, 0.1) is 11.3 Å². The van der Waals surface area contributed by atoms with Gasteiger partial charge < -0.3 is 15.2 Å². The monoisotopic (exact) mass is 278 g/mol. The fourth-order valence-electron chi connectivity index (χ4n) is 3.07. The first-order chi connectivity index (χ1) is 9.51. The van der Waals surface area contributed by atoms with Crippen molar-refractivity contribution < 1.29 is 4.79 Å². The van der Waals surface area contributed by atoms with Gasteiger partial charge in [-0.1, -0.05) is 20.3 Å². The number of nitrogens with one attached hydrogen (secondary N) is 2. The maximum Gasteiger partial charge on any atom is 0.317 e. The number of hydrogen-bond donors (Lipinski definition) is 2. The number of urea groups is 1. The standard InChI is InChI=1S/C15H26N4O/c1-12(2)9-15(5-4-6-15)11-18-14(20)19(3)10-13-16-7-8-17-13/h7-8,12H,4-6,9-11H2,1-3H3,(H,16,17)(H,18,20). The summed E-state index contributed by atoms with van der Waals surface area (Å²) in [6.07, 6.45) is 8.46. The van der Waals surface area contributed by atoms with Crippen molar-refractivity contribution in [2.24, 2.45) is 11.3 Å². The normalized spacial score (nSPS) is 16.8. The largest absolute Gasteiger partial charge is 0.347 e. The SMILES string of the molecule is CC(C)CC1(CNC(=O)N(C)Cc2ncc[nH]2)CCC1. The number of H-pyrrole nitrogens is 1. The van der Waals surface area contributed by atoms with Crippen LogP contribution < -0.4 is 5.32 Å². The van der Waals surface area contributed by atoms with Gasteiger partial charge in [-0.25, -0.2) is 9.78 Å². The van der Waals surface area contributed by atoms with Crippen molar-refractivity contribution in [1.82, 2.24) is 20.2 Å². The van der Waals surface area contributed by atoms with Gasteiger partial charge in [-0.05, 0) is 30.6 Å². The second kappa shape index (κ2) is 6.29. The maximum atomic E-state index is 12.1. The highest BCUT2D eigenvalue weighted by atomic mass is 16.2. The van der Waals surface area contributed by atoms with E-state index < -0.39 is 0 Å². The molecule has 0 aliphatic heterocycles. The lowest BCUT2D eigenvalue weighted by atomic mass is 9.64. The van der Waals surface area contributed by atoms with E-state index in [1.54, 1.807) is 24.3 Å². The van der Waals surface area contributed by atoms with Crippen LogP contribution in [0.2, 0.25) is 0 Å². The second-order valence-corrected chi connectivity index (χ2v) is 6.50. The van der Waals surface area contributed by atoms with Crippen molar-refractivity contribution >= 4 is 6.03 Å². The highest BCUT2D eigenvalue weighted by Crippen LogP contribution is 2.45. The predicted molar refractivity (Wildman–Crippen MR) is 79.2 cm³/mol. The van der Waals surface area contributed by atoms with E-state index in [4.69, 9.17) is 0 Å². The molecule has 2 N–H and O–H groups in total. The Hall–Kier alpha value is -1.52. The molecule has 0 spiro atoms. The molecule has 0 saturated heterocycles. The Morgan fingerprint density at radius 1 is 1.55 bits per heavy atom. The first kappa shape index (κ1) is 14.9. The van der Waals surface area contributed by atoms with Gasteiger partial charge in [-0.3, -0.25) is 0 Å². The molecule has 0 radical (unpaired) electrons. The van der Waals surface area contributed by atoms with Crippen LogP contribution in [0.25, 0.3) is 0 Å². The Morgan fingerprint density at radius 3 is 2.80 bits per heavy atom. The molecule has 5 nitrogen and oxygen atoms in total. The third-order valence-corrected chi connectivity index (χ3v) is 4.16. The van der Waals surface area contributed by atoms with Crippen molar-refractivity contribution in [3.8, 4) is 0 Å². The van der Waals surface area contributed by atoms with Crippen molar-refractivity contribution in [1.29, 1.82) is 0 Å². The minimum atomic E-state index is -0.0172. The van der Waals surface area contributed by atoms with Gasteiger partial charge in [0, 0.05) is 26.0 Å². The second-order valence-electron chi connectivity index (χ2n) is 6.50. The number of aromatic amines is 1. The molecule has 5 heteroatoms. The number of rotatable bonds is 6. The Morgan fingerprint density at radius 2 is 2.30 bits per heavy atom. The van der Waals surface area contributed by atoms with Crippen LogP contribution in [0.1, 0.15) is 45.4 Å². The van der Waals surface area contributed by atoms with E-state index in [2.05, 4.69) is 29.1 Å². The van der Waals surface area contributed by atoms with E-state index in [0.717, 1.165) is 12.4 Å². The molecular formula is C15H26N4O. The maximum absolute atomic E-state index is 12.1. The third-order valence-electron chi connectivity index (χ3n) is 4.16. The van der Waals surface area contributed by atoms with Crippen molar-refractivity contribution in [3.05, 3.63) is 18.2 Å². The fourth-order valence-corrected chi connectivity index (χ4v) is 3.07. The molecule has 1 heterocycles. The smallest absolute Gasteiger partial charge is 0.317 e. The number of aromatic nitrogens is 2. The molecule has 1 aliphatic rings. The molecule has 2 rings (SSSR count). The van der Waals surface area contributed by atoms with Gasteiger partial charge in [0.25, 0.3) is 0 Å². The average molecular weight is 278 g/mol. The molecule has 1 aromatic heterocycles. The predicted octanol–water partition coefficient (Wildman–Crippen LogP) is 2.77. The molecule has 0 atom stereocenters. The summed E-state index contributed by atoms with van der Waals surface area (Å²) < 4.78 is 0. The summed E-state index contributed by atoms with van der Waals surface area (Å²) in [6, 6.07) is -0.0172. The number of hydrogen-bond acceptors (Lipinski definition) is 2. The number of amides is 2. The summed E-state index contributed by atoms with van der Waals surface area (Å²) in [5.74, 6) is 1.50. The topological polar surface area (TPSA) is 61.0 Å². The van der Waals surface area contributed by atoms with Crippen LogP contribution in [0.3, 0.4) is 0 Å². The molecule has 1 fully saturated rings. The fraction of sp³-hybridized carbons (Fsp3) is 0.733. The summed E-state index contributed by atoms with van der Waals surface area (Å²) in [5, 5.41) is 3.09. The molecule has 112 valence electrons. The first-order valence-corrected chi connectivity index (χ1v) is 7.48. The molecule has 2 amide bonds. The van der Waals surface area contributed by atoms with Crippen LogP contribution in [-0.2, 0) is 6.54 Å². The Kier molecular flexibility index (Phi) is 4.68. The minimum absolute atomic E-state index is 0.0172. The Bertz CT molecular complexity index is 423. The zero-order chi connectivity index (χ0) is 14.6. The Labute approximate surface area is 121 Å².